The minimum absolute atomic E-state index is 0.289. The first-order chi connectivity index (χ1) is 8.20. The zero-order valence-electron chi connectivity index (χ0n) is 9.75. The average molecular weight is 234 g/mol. The van der Waals surface area contributed by atoms with Gasteiger partial charge in [0.1, 0.15) is 11.9 Å². The van der Waals surface area contributed by atoms with Gasteiger partial charge in [0.15, 0.2) is 5.65 Å². The SMILES string of the molecule is CCOC(=O)C(C)Nc1ccn2nccc2n1. The fourth-order valence-electron chi connectivity index (χ4n) is 1.44. The molecule has 0 saturated heterocycles. The molecule has 6 heteroatoms. The van der Waals surface area contributed by atoms with Crippen molar-refractivity contribution in [1.29, 1.82) is 0 Å². The maximum absolute atomic E-state index is 11.4. The summed E-state index contributed by atoms with van der Waals surface area (Å²) in [5.41, 5.74) is 0.728. The number of carbonyl (C=O) groups excluding carboxylic acids is 1. The lowest BCUT2D eigenvalue weighted by molar-refractivity contribution is -0.143. The summed E-state index contributed by atoms with van der Waals surface area (Å²) in [6, 6.07) is 3.13. The highest BCUT2D eigenvalue weighted by Crippen LogP contribution is 2.07. The Kier molecular flexibility index (Phi) is 3.22. The van der Waals surface area contributed by atoms with Crippen LogP contribution in [0.25, 0.3) is 5.65 Å². The number of hydrogen-bond acceptors (Lipinski definition) is 5. The predicted molar refractivity (Wildman–Crippen MR) is 62.7 cm³/mol. The normalized spacial score (nSPS) is 12.4. The molecule has 6 nitrogen and oxygen atoms in total. The standard InChI is InChI=1S/C11H14N4O2/c1-3-17-11(16)8(2)13-9-5-7-15-10(14-9)4-6-12-15/h4-8H,3H2,1-2H3,(H,13,14). The summed E-state index contributed by atoms with van der Waals surface area (Å²) in [6.45, 7) is 3.89. The van der Waals surface area contributed by atoms with Crippen LogP contribution in [-0.4, -0.2) is 33.2 Å². The number of fused-ring (bicyclic) bond motifs is 1. The van der Waals surface area contributed by atoms with E-state index in [0.29, 0.717) is 12.4 Å². The van der Waals surface area contributed by atoms with E-state index in [1.807, 2.05) is 0 Å². The number of rotatable bonds is 4. The number of anilines is 1. The fraction of sp³-hybridized carbons (Fsp3) is 0.364. The molecule has 0 aliphatic heterocycles. The molecule has 0 fully saturated rings. The van der Waals surface area contributed by atoms with E-state index >= 15 is 0 Å². The first kappa shape index (κ1) is 11.4. The minimum atomic E-state index is -0.423. The van der Waals surface area contributed by atoms with Crippen molar-refractivity contribution in [2.24, 2.45) is 0 Å². The third kappa shape index (κ3) is 2.52. The highest BCUT2D eigenvalue weighted by Gasteiger charge is 2.13. The molecule has 2 rings (SSSR count). The molecule has 17 heavy (non-hydrogen) atoms. The van der Waals surface area contributed by atoms with Gasteiger partial charge >= 0.3 is 5.97 Å². The van der Waals surface area contributed by atoms with Crippen LogP contribution >= 0.6 is 0 Å². The molecule has 90 valence electrons. The molecule has 2 aromatic rings. The molecule has 0 aliphatic carbocycles. The summed E-state index contributed by atoms with van der Waals surface area (Å²) in [4.78, 5) is 15.7. The van der Waals surface area contributed by atoms with Crippen LogP contribution in [0, 0.1) is 0 Å². The number of nitrogens with zero attached hydrogens (tertiary/aromatic N) is 3. The highest BCUT2D eigenvalue weighted by molar-refractivity contribution is 5.78. The lowest BCUT2D eigenvalue weighted by atomic mass is 10.3. The van der Waals surface area contributed by atoms with Gasteiger partial charge in [0.05, 0.1) is 12.8 Å². The number of hydrogen-bond donors (Lipinski definition) is 1. The zero-order chi connectivity index (χ0) is 12.3. The number of aromatic nitrogens is 3. The van der Waals surface area contributed by atoms with E-state index in [-0.39, 0.29) is 5.97 Å². The first-order valence-corrected chi connectivity index (χ1v) is 5.44. The lowest BCUT2D eigenvalue weighted by Gasteiger charge is -2.12. The van der Waals surface area contributed by atoms with Crippen molar-refractivity contribution in [3.05, 3.63) is 24.5 Å². The Hall–Kier alpha value is -2.11. The smallest absolute Gasteiger partial charge is 0.328 e. The quantitative estimate of drug-likeness (QED) is 0.802. The topological polar surface area (TPSA) is 68.5 Å². The van der Waals surface area contributed by atoms with Crippen LogP contribution in [0.2, 0.25) is 0 Å². The third-order valence-corrected chi connectivity index (χ3v) is 2.26. The van der Waals surface area contributed by atoms with Crippen molar-refractivity contribution in [1.82, 2.24) is 14.6 Å². The number of carbonyl (C=O) groups is 1. The molecule has 2 heterocycles. The Morgan fingerprint density at radius 2 is 2.41 bits per heavy atom. The summed E-state index contributed by atoms with van der Waals surface area (Å²) in [5, 5.41) is 7.02. The van der Waals surface area contributed by atoms with Gasteiger partial charge < -0.3 is 10.1 Å². The van der Waals surface area contributed by atoms with Crippen molar-refractivity contribution in [3.8, 4) is 0 Å². The van der Waals surface area contributed by atoms with E-state index in [1.165, 1.54) is 0 Å². The van der Waals surface area contributed by atoms with Crippen molar-refractivity contribution >= 4 is 17.4 Å². The van der Waals surface area contributed by atoms with Crippen molar-refractivity contribution in [2.75, 3.05) is 11.9 Å². The number of esters is 1. The second-order valence-corrected chi connectivity index (χ2v) is 3.56. The zero-order valence-corrected chi connectivity index (χ0v) is 9.75. The molecule has 1 atom stereocenters. The third-order valence-electron chi connectivity index (χ3n) is 2.26. The second kappa shape index (κ2) is 4.82. The highest BCUT2D eigenvalue weighted by atomic mass is 16.5. The van der Waals surface area contributed by atoms with Gasteiger partial charge in [0.25, 0.3) is 0 Å². The van der Waals surface area contributed by atoms with E-state index in [9.17, 15) is 4.79 Å². The van der Waals surface area contributed by atoms with Crippen molar-refractivity contribution in [3.63, 3.8) is 0 Å². The van der Waals surface area contributed by atoms with Crippen LogP contribution in [0.1, 0.15) is 13.8 Å². The molecule has 0 saturated carbocycles. The van der Waals surface area contributed by atoms with E-state index in [4.69, 9.17) is 4.74 Å². The van der Waals surface area contributed by atoms with E-state index in [0.717, 1.165) is 5.65 Å². The van der Waals surface area contributed by atoms with Gasteiger partial charge in [-0.25, -0.2) is 14.3 Å². The predicted octanol–water partition coefficient (Wildman–Crippen LogP) is 1.09. The van der Waals surface area contributed by atoms with Gasteiger partial charge in [0, 0.05) is 12.3 Å². The molecule has 1 unspecified atom stereocenters. The fourth-order valence-corrected chi connectivity index (χ4v) is 1.44. The first-order valence-electron chi connectivity index (χ1n) is 5.44. The van der Waals surface area contributed by atoms with E-state index in [1.54, 1.807) is 42.9 Å². The summed E-state index contributed by atoms with van der Waals surface area (Å²) < 4.78 is 6.55. The molecule has 2 aromatic heterocycles. The molecular formula is C11H14N4O2. The molecule has 0 aromatic carbocycles. The number of ether oxygens (including phenoxy) is 1. The average Bonchev–Trinajstić information content (AvgIpc) is 2.76. The van der Waals surface area contributed by atoms with Gasteiger partial charge in [0.2, 0.25) is 0 Å². The number of nitrogens with one attached hydrogen (secondary N) is 1. The summed E-state index contributed by atoms with van der Waals surface area (Å²) in [5.74, 6) is 0.334. The van der Waals surface area contributed by atoms with Crippen LogP contribution < -0.4 is 5.32 Å². The summed E-state index contributed by atoms with van der Waals surface area (Å²) in [7, 11) is 0. The van der Waals surface area contributed by atoms with Gasteiger partial charge in [-0.1, -0.05) is 0 Å². The van der Waals surface area contributed by atoms with Gasteiger partial charge in [-0.05, 0) is 19.9 Å². The van der Waals surface area contributed by atoms with Crippen LogP contribution in [0.3, 0.4) is 0 Å². The van der Waals surface area contributed by atoms with E-state index in [2.05, 4.69) is 15.4 Å². The van der Waals surface area contributed by atoms with E-state index < -0.39 is 6.04 Å². The molecule has 0 aliphatic rings. The maximum Gasteiger partial charge on any atom is 0.328 e. The Morgan fingerprint density at radius 3 is 3.18 bits per heavy atom. The van der Waals surface area contributed by atoms with Crippen LogP contribution in [0.5, 0.6) is 0 Å². The Morgan fingerprint density at radius 1 is 1.59 bits per heavy atom. The second-order valence-electron chi connectivity index (χ2n) is 3.56. The maximum atomic E-state index is 11.4. The minimum Gasteiger partial charge on any atom is -0.464 e. The van der Waals surface area contributed by atoms with Gasteiger partial charge in [-0.2, -0.15) is 5.10 Å². The monoisotopic (exact) mass is 234 g/mol. The molecule has 0 spiro atoms. The molecule has 0 radical (unpaired) electrons. The lowest BCUT2D eigenvalue weighted by Crippen LogP contribution is -2.28. The molecule has 0 amide bonds. The summed E-state index contributed by atoms with van der Waals surface area (Å²) >= 11 is 0. The van der Waals surface area contributed by atoms with Gasteiger partial charge in [-0.15, -0.1) is 0 Å². The summed E-state index contributed by atoms with van der Waals surface area (Å²) in [6.07, 6.45) is 3.45. The Bertz CT molecular complexity index is 523. The Labute approximate surface area is 98.6 Å². The van der Waals surface area contributed by atoms with Crippen molar-refractivity contribution < 1.29 is 9.53 Å². The van der Waals surface area contributed by atoms with Gasteiger partial charge in [-0.3, -0.25) is 0 Å². The molecule has 1 N–H and O–H groups in total. The molecule has 0 bridgehead atoms. The molecular weight excluding hydrogens is 220 g/mol. The van der Waals surface area contributed by atoms with Crippen LogP contribution in [0.4, 0.5) is 5.82 Å². The van der Waals surface area contributed by atoms with Crippen molar-refractivity contribution in [2.45, 2.75) is 19.9 Å². The van der Waals surface area contributed by atoms with Crippen LogP contribution in [0.15, 0.2) is 24.5 Å². The largest absolute Gasteiger partial charge is 0.464 e. The van der Waals surface area contributed by atoms with Crippen LogP contribution in [-0.2, 0) is 9.53 Å². The Balaban J connectivity index is 2.09.